The lowest BCUT2D eigenvalue weighted by Crippen LogP contribution is -2.52. The molecule has 4 bridgehead atoms. The van der Waals surface area contributed by atoms with Gasteiger partial charge in [-0.25, -0.2) is 4.79 Å². The molecule has 5 fully saturated rings. The number of hydrogen-bond acceptors (Lipinski definition) is 3. The molecular weight excluding hydrogens is 240 g/mol. The van der Waals surface area contributed by atoms with Gasteiger partial charge in [-0.1, -0.05) is 0 Å². The number of carbonyl (C=O) groups is 1. The Kier molecular flexibility index (Phi) is 2.78. The highest BCUT2D eigenvalue weighted by atomic mass is 16.7. The molecule has 0 N–H and O–H groups in total. The van der Waals surface area contributed by atoms with E-state index in [1.807, 2.05) is 0 Å². The molecule has 3 nitrogen and oxygen atoms in total. The minimum Gasteiger partial charge on any atom is -0.431 e. The Bertz CT molecular complexity index is 335. The maximum Gasteiger partial charge on any atom is 0.509 e. The fourth-order valence-corrected chi connectivity index (χ4v) is 5.50. The largest absolute Gasteiger partial charge is 0.509 e. The maximum absolute atomic E-state index is 12.0. The molecule has 0 heterocycles. The van der Waals surface area contributed by atoms with Crippen LogP contribution in [0.3, 0.4) is 0 Å². The van der Waals surface area contributed by atoms with Gasteiger partial charge in [0.25, 0.3) is 0 Å². The fourth-order valence-electron chi connectivity index (χ4n) is 5.50. The van der Waals surface area contributed by atoms with Crippen molar-refractivity contribution in [1.82, 2.24) is 0 Å². The lowest BCUT2D eigenvalue weighted by Gasteiger charge is -2.55. The second-order valence-corrected chi connectivity index (χ2v) is 7.48. The molecule has 5 rings (SSSR count). The lowest BCUT2D eigenvalue weighted by atomic mass is 9.54. The summed E-state index contributed by atoms with van der Waals surface area (Å²) in [6.45, 7) is 0. The van der Waals surface area contributed by atoms with Crippen LogP contribution in [0.4, 0.5) is 4.79 Å². The number of rotatable bonds is 2. The zero-order chi connectivity index (χ0) is 12.9. The highest BCUT2D eigenvalue weighted by Gasteiger charge is 2.53. The Labute approximate surface area is 115 Å². The highest BCUT2D eigenvalue weighted by Crippen LogP contribution is 2.57. The SMILES string of the molecule is O=C(OC1CCCC1)OC12CC3CC(CC(C3)C1)C2. The molecule has 19 heavy (non-hydrogen) atoms. The van der Waals surface area contributed by atoms with Gasteiger partial charge in [-0.3, -0.25) is 0 Å². The second-order valence-electron chi connectivity index (χ2n) is 7.48. The van der Waals surface area contributed by atoms with Crippen LogP contribution in [0.25, 0.3) is 0 Å². The van der Waals surface area contributed by atoms with Gasteiger partial charge < -0.3 is 9.47 Å². The van der Waals surface area contributed by atoms with E-state index in [0.29, 0.717) is 0 Å². The molecule has 3 heteroatoms. The third kappa shape index (κ3) is 2.25. The summed E-state index contributed by atoms with van der Waals surface area (Å²) in [7, 11) is 0. The molecule has 0 atom stereocenters. The van der Waals surface area contributed by atoms with Crippen LogP contribution in [0.1, 0.15) is 64.2 Å². The molecule has 5 aliphatic rings. The van der Waals surface area contributed by atoms with Gasteiger partial charge in [-0.05, 0) is 82.0 Å². The molecule has 0 aromatic carbocycles. The van der Waals surface area contributed by atoms with Gasteiger partial charge in [0.05, 0.1) is 0 Å². The Morgan fingerprint density at radius 3 is 1.95 bits per heavy atom. The van der Waals surface area contributed by atoms with Crippen LogP contribution < -0.4 is 0 Å². The summed E-state index contributed by atoms with van der Waals surface area (Å²) in [5.74, 6) is 2.43. The summed E-state index contributed by atoms with van der Waals surface area (Å²) in [6, 6.07) is 0. The first-order valence-electron chi connectivity index (χ1n) is 8.10. The zero-order valence-electron chi connectivity index (χ0n) is 11.6. The summed E-state index contributed by atoms with van der Waals surface area (Å²) >= 11 is 0. The average Bonchev–Trinajstić information content (AvgIpc) is 2.78. The van der Waals surface area contributed by atoms with E-state index in [9.17, 15) is 4.79 Å². The van der Waals surface area contributed by atoms with E-state index in [4.69, 9.17) is 9.47 Å². The Balaban J connectivity index is 1.40. The first-order valence-corrected chi connectivity index (χ1v) is 8.10. The fraction of sp³-hybridized carbons (Fsp3) is 0.938. The predicted octanol–water partition coefficient (Wildman–Crippen LogP) is 4.05. The monoisotopic (exact) mass is 264 g/mol. The average molecular weight is 264 g/mol. The molecule has 5 saturated carbocycles. The summed E-state index contributed by atoms with van der Waals surface area (Å²) in [5, 5.41) is 0. The van der Waals surface area contributed by atoms with Crippen molar-refractivity contribution in [3.63, 3.8) is 0 Å². The van der Waals surface area contributed by atoms with E-state index in [-0.39, 0.29) is 17.9 Å². The van der Waals surface area contributed by atoms with E-state index in [2.05, 4.69) is 0 Å². The standard InChI is InChI=1S/C16H24O3/c17-15(18-14-3-1-2-4-14)19-16-8-11-5-12(9-16)7-13(6-11)10-16/h11-14H,1-10H2. The van der Waals surface area contributed by atoms with Crippen molar-refractivity contribution in [1.29, 1.82) is 0 Å². The minimum atomic E-state index is -0.381. The van der Waals surface area contributed by atoms with Crippen molar-refractivity contribution < 1.29 is 14.3 Å². The van der Waals surface area contributed by atoms with E-state index >= 15 is 0 Å². The first kappa shape index (κ1) is 12.0. The molecule has 106 valence electrons. The summed E-state index contributed by atoms with van der Waals surface area (Å²) in [5.41, 5.74) is -0.148. The van der Waals surface area contributed by atoms with Crippen LogP contribution >= 0.6 is 0 Å². The molecule has 0 amide bonds. The third-order valence-corrected chi connectivity index (χ3v) is 5.85. The molecule has 0 unspecified atom stereocenters. The van der Waals surface area contributed by atoms with Gasteiger partial charge in [0.15, 0.2) is 0 Å². The number of hydrogen-bond donors (Lipinski definition) is 0. The van der Waals surface area contributed by atoms with Crippen molar-refractivity contribution in [3.05, 3.63) is 0 Å². The predicted molar refractivity (Wildman–Crippen MR) is 70.7 cm³/mol. The van der Waals surface area contributed by atoms with Crippen LogP contribution in [0, 0.1) is 17.8 Å². The molecule has 0 saturated heterocycles. The maximum atomic E-state index is 12.0. The van der Waals surface area contributed by atoms with E-state index in [0.717, 1.165) is 49.9 Å². The molecular formula is C16H24O3. The van der Waals surface area contributed by atoms with Crippen LogP contribution in [0.15, 0.2) is 0 Å². The topological polar surface area (TPSA) is 35.5 Å². The molecule has 0 radical (unpaired) electrons. The summed E-state index contributed by atoms with van der Waals surface area (Å²) < 4.78 is 11.3. The number of ether oxygens (including phenoxy) is 2. The van der Waals surface area contributed by atoms with Crippen molar-refractivity contribution in [2.45, 2.75) is 75.9 Å². The van der Waals surface area contributed by atoms with Gasteiger partial charge in [0.2, 0.25) is 0 Å². The van der Waals surface area contributed by atoms with E-state index < -0.39 is 0 Å². The third-order valence-electron chi connectivity index (χ3n) is 5.85. The normalized spacial score (nSPS) is 44.5. The van der Waals surface area contributed by atoms with Crippen LogP contribution in [0.5, 0.6) is 0 Å². The molecule has 0 aromatic heterocycles. The van der Waals surface area contributed by atoms with Gasteiger partial charge in [-0.2, -0.15) is 0 Å². The second kappa shape index (κ2) is 4.39. The van der Waals surface area contributed by atoms with Gasteiger partial charge >= 0.3 is 6.16 Å². The van der Waals surface area contributed by atoms with Gasteiger partial charge in [0.1, 0.15) is 11.7 Å². The van der Waals surface area contributed by atoms with E-state index in [1.54, 1.807) is 0 Å². The smallest absolute Gasteiger partial charge is 0.431 e. The summed E-state index contributed by atoms with van der Waals surface area (Å²) in [4.78, 5) is 12.0. The van der Waals surface area contributed by atoms with E-state index in [1.165, 1.54) is 32.1 Å². The van der Waals surface area contributed by atoms with Crippen LogP contribution in [0.2, 0.25) is 0 Å². The Morgan fingerprint density at radius 2 is 1.42 bits per heavy atom. The zero-order valence-corrected chi connectivity index (χ0v) is 11.6. The van der Waals surface area contributed by atoms with Crippen molar-refractivity contribution in [2.75, 3.05) is 0 Å². The van der Waals surface area contributed by atoms with Crippen molar-refractivity contribution >= 4 is 6.16 Å². The molecule has 5 aliphatic carbocycles. The van der Waals surface area contributed by atoms with Crippen LogP contribution in [-0.2, 0) is 9.47 Å². The molecule has 0 aromatic rings. The van der Waals surface area contributed by atoms with Gasteiger partial charge in [0, 0.05) is 0 Å². The van der Waals surface area contributed by atoms with Gasteiger partial charge in [-0.15, -0.1) is 0 Å². The first-order chi connectivity index (χ1) is 9.21. The van der Waals surface area contributed by atoms with Crippen LogP contribution in [-0.4, -0.2) is 17.9 Å². The van der Waals surface area contributed by atoms with Crippen molar-refractivity contribution in [3.8, 4) is 0 Å². The number of carbonyl (C=O) groups excluding carboxylic acids is 1. The Hall–Kier alpha value is -0.730. The molecule has 0 aliphatic heterocycles. The molecule has 0 spiro atoms. The Morgan fingerprint density at radius 1 is 0.895 bits per heavy atom. The lowest BCUT2D eigenvalue weighted by molar-refractivity contribution is -0.145. The summed E-state index contributed by atoms with van der Waals surface area (Å²) in [6.07, 6.45) is 11.6. The minimum absolute atomic E-state index is 0.126. The van der Waals surface area contributed by atoms with Crippen molar-refractivity contribution in [2.24, 2.45) is 17.8 Å². The highest BCUT2D eigenvalue weighted by molar-refractivity contribution is 5.61. The quantitative estimate of drug-likeness (QED) is 0.706.